The Morgan fingerprint density at radius 3 is 2.20 bits per heavy atom. The van der Waals surface area contributed by atoms with Gasteiger partial charge in [0.15, 0.2) is 0 Å². The van der Waals surface area contributed by atoms with E-state index in [2.05, 4.69) is 0 Å². The molecule has 1 saturated heterocycles. The lowest BCUT2D eigenvalue weighted by Crippen LogP contribution is -2.35. The molecule has 0 N–H and O–H groups in total. The fourth-order valence-corrected chi connectivity index (χ4v) is 2.71. The molecule has 2 aliphatic rings. The summed E-state index contributed by atoms with van der Waals surface area (Å²) in [4.78, 5) is 13.7. The van der Waals surface area contributed by atoms with Crippen molar-refractivity contribution in [2.45, 2.75) is 45.6 Å². The summed E-state index contributed by atoms with van der Waals surface area (Å²) in [6, 6.07) is 0. The summed E-state index contributed by atoms with van der Waals surface area (Å²) in [5, 5.41) is 0. The van der Waals surface area contributed by atoms with Gasteiger partial charge in [0, 0.05) is 13.1 Å². The molecular weight excluding hydrogens is 190 g/mol. The number of carbonyl (C=O) groups is 1. The molecule has 1 saturated carbocycles. The van der Waals surface area contributed by atoms with Crippen molar-refractivity contribution in [3.63, 3.8) is 0 Å². The van der Waals surface area contributed by atoms with Crippen molar-refractivity contribution in [1.29, 1.82) is 0 Å². The van der Waals surface area contributed by atoms with Crippen LogP contribution in [-0.4, -0.2) is 29.7 Å². The topological polar surface area (TPSA) is 29.5 Å². The van der Waals surface area contributed by atoms with Crippen LogP contribution in [0, 0.1) is 11.8 Å². The van der Waals surface area contributed by atoms with Crippen molar-refractivity contribution in [3.05, 3.63) is 0 Å². The third kappa shape index (κ3) is 2.44. The van der Waals surface area contributed by atoms with E-state index in [0.29, 0.717) is 0 Å². The van der Waals surface area contributed by atoms with E-state index >= 15 is 0 Å². The van der Waals surface area contributed by atoms with E-state index in [-0.39, 0.29) is 11.7 Å². The van der Waals surface area contributed by atoms with E-state index in [4.69, 9.17) is 4.74 Å². The molecule has 2 fully saturated rings. The van der Waals surface area contributed by atoms with Gasteiger partial charge in [-0.25, -0.2) is 4.79 Å². The van der Waals surface area contributed by atoms with Crippen LogP contribution in [0.2, 0.25) is 0 Å². The second-order valence-corrected chi connectivity index (χ2v) is 5.84. The van der Waals surface area contributed by atoms with Crippen molar-refractivity contribution in [2.24, 2.45) is 11.8 Å². The fraction of sp³-hybridized carbons (Fsp3) is 0.917. The molecule has 1 heterocycles. The molecule has 15 heavy (non-hydrogen) atoms. The smallest absolute Gasteiger partial charge is 0.410 e. The average Bonchev–Trinajstić information content (AvgIpc) is 2.56. The number of likely N-dealkylation sites (tertiary alicyclic amines) is 1. The predicted octanol–water partition coefficient (Wildman–Crippen LogP) is 2.65. The SMILES string of the molecule is CC(C)(C)OC(=O)N1CC2CCC[C@@H]2C1. The molecule has 1 unspecified atom stereocenters. The fourth-order valence-electron chi connectivity index (χ4n) is 2.71. The molecule has 3 heteroatoms. The average molecular weight is 211 g/mol. The van der Waals surface area contributed by atoms with Crippen molar-refractivity contribution < 1.29 is 9.53 Å². The summed E-state index contributed by atoms with van der Waals surface area (Å²) >= 11 is 0. The standard InChI is InChI=1S/C12H21NO2/c1-12(2,3)15-11(14)13-7-9-5-4-6-10(9)8-13/h9-10H,4-8H2,1-3H3/t9-,10?/m1/s1. The lowest BCUT2D eigenvalue weighted by atomic mass is 10.0. The second kappa shape index (κ2) is 3.69. The highest BCUT2D eigenvalue weighted by atomic mass is 16.6. The Morgan fingerprint density at radius 1 is 1.20 bits per heavy atom. The molecule has 0 aromatic rings. The number of fused-ring (bicyclic) bond motifs is 1. The Balaban J connectivity index is 1.88. The number of hydrogen-bond acceptors (Lipinski definition) is 2. The number of rotatable bonds is 0. The van der Waals surface area contributed by atoms with Crippen LogP contribution in [0.5, 0.6) is 0 Å². The van der Waals surface area contributed by atoms with Crippen LogP contribution in [0.4, 0.5) is 4.79 Å². The molecule has 0 radical (unpaired) electrons. The first-order chi connectivity index (χ1) is 6.96. The van der Waals surface area contributed by atoms with E-state index in [1.165, 1.54) is 19.3 Å². The predicted molar refractivity (Wildman–Crippen MR) is 58.6 cm³/mol. The van der Waals surface area contributed by atoms with Crippen LogP contribution in [0.15, 0.2) is 0 Å². The van der Waals surface area contributed by atoms with Crippen LogP contribution < -0.4 is 0 Å². The van der Waals surface area contributed by atoms with Crippen molar-refractivity contribution in [2.75, 3.05) is 13.1 Å². The first-order valence-electron chi connectivity index (χ1n) is 5.93. The summed E-state index contributed by atoms with van der Waals surface area (Å²) in [6.45, 7) is 7.59. The lowest BCUT2D eigenvalue weighted by molar-refractivity contribution is 0.0280. The van der Waals surface area contributed by atoms with E-state index in [9.17, 15) is 4.79 Å². The zero-order valence-corrected chi connectivity index (χ0v) is 9.95. The van der Waals surface area contributed by atoms with E-state index < -0.39 is 0 Å². The Bertz CT molecular complexity index is 245. The van der Waals surface area contributed by atoms with Gasteiger partial charge in [-0.1, -0.05) is 6.42 Å². The lowest BCUT2D eigenvalue weighted by Gasteiger charge is -2.24. The Kier molecular flexibility index (Phi) is 2.65. The van der Waals surface area contributed by atoms with Crippen molar-refractivity contribution >= 4 is 6.09 Å². The summed E-state index contributed by atoms with van der Waals surface area (Å²) < 4.78 is 5.37. The Hall–Kier alpha value is -0.730. The van der Waals surface area contributed by atoms with Gasteiger partial charge in [-0.15, -0.1) is 0 Å². The van der Waals surface area contributed by atoms with E-state index in [1.54, 1.807) is 0 Å². The van der Waals surface area contributed by atoms with Gasteiger partial charge in [0.1, 0.15) is 5.60 Å². The van der Waals surface area contributed by atoms with Gasteiger partial charge < -0.3 is 9.64 Å². The maximum absolute atomic E-state index is 11.8. The molecule has 2 atom stereocenters. The van der Waals surface area contributed by atoms with Gasteiger partial charge in [-0.3, -0.25) is 0 Å². The number of amides is 1. The quantitative estimate of drug-likeness (QED) is 0.616. The molecule has 3 nitrogen and oxygen atoms in total. The molecule has 0 spiro atoms. The summed E-state index contributed by atoms with van der Waals surface area (Å²) in [7, 11) is 0. The van der Waals surface area contributed by atoms with Crippen LogP contribution in [0.25, 0.3) is 0 Å². The highest BCUT2D eigenvalue weighted by Gasteiger charge is 2.39. The summed E-state index contributed by atoms with van der Waals surface area (Å²) in [6.07, 6.45) is 3.81. The molecule has 1 aliphatic carbocycles. The highest BCUT2D eigenvalue weighted by molar-refractivity contribution is 5.68. The van der Waals surface area contributed by atoms with Gasteiger partial charge in [0.05, 0.1) is 0 Å². The number of ether oxygens (including phenoxy) is 1. The molecular formula is C12H21NO2. The third-order valence-corrected chi connectivity index (χ3v) is 3.38. The van der Waals surface area contributed by atoms with Crippen LogP contribution in [0.1, 0.15) is 40.0 Å². The first kappa shape index (κ1) is 10.8. The zero-order chi connectivity index (χ0) is 11.1. The van der Waals surface area contributed by atoms with Crippen LogP contribution >= 0.6 is 0 Å². The monoisotopic (exact) mass is 211 g/mol. The molecule has 1 amide bonds. The Labute approximate surface area is 91.8 Å². The minimum Gasteiger partial charge on any atom is -0.444 e. The van der Waals surface area contributed by atoms with Crippen molar-refractivity contribution in [3.8, 4) is 0 Å². The van der Waals surface area contributed by atoms with Gasteiger partial charge in [0.2, 0.25) is 0 Å². The van der Waals surface area contributed by atoms with Crippen LogP contribution in [0.3, 0.4) is 0 Å². The van der Waals surface area contributed by atoms with Gasteiger partial charge >= 0.3 is 6.09 Å². The molecule has 0 aromatic carbocycles. The largest absolute Gasteiger partial charge is 0.444 e. The maximum atomic E-state index is 11.8. The Morgan fingerprint density at radius 2 is 1.73 bits per heavy atom. The van der Waals surface area contributed by atoms with E-state index in [1.807, 2.05) is 25.7 Å². The first-order valence-corrected chi connectivity index (χ1v) is 5.93. The molecule has 1 aliphatic heterocycles. The second-order valence-electron chi connectivity index (χ2n) is 5.84. The molecule has 0 bridgehead atoms. The van der Waals surface area contributed by atoms with E-state index in [0.717, 1.165) is 24.9 Å². The molecule has 86 valence electrons. The number of nitrogens with zero attached hydrogens (tertiary/aromatic N) is 1. The summed E-state index contributed by atoms with van der Waals surface area (Å²) in [5.41, 5.74) is -0.366. The zero-order valence-electron chi connectivity index (χ0n) is 9.95. The van der Waals surface area contributed by atoms with Gasteiger partial charge in [-0.2, -0.15) is 0 Å². The van der Waals surface area contributed by atoms with Gasteiger partial charge in [-0.05, 0) is 45.4 Å². The summed E-state index contributed by atoms with van der Waals surface area (Å²) in [5.74, 6) is 1.50. The maximum Gasteiger partial charge on any atom is 0.410 e. The minimum atomic E-state index is -0.366. The minimum absolute atomic E-state index is 0.128. The molecule has 0 aromatic heterocycles. The number of carbonyl (C=O) groups excluding carboxylic acids is 1. The number of hydrogen-bond donors (Lipinski definition) is 0. The third-order valence-electron chi connectivity index (χ3n) is 3.38. The van der Waals surface area contributed by atoms with Crippen LogP contribution in [-0.2, 0) is 4.74 Å². The highest BCUT2D eigenvalue weighted by Crippen LogP contribution is 2.38. The van der Waals surface area contributed by atoms with Gasteiger partial charge in [0.25, 0.3) is 0 Å². The normalized spacial score (nSPS) is 30.5. The van der Waals surface area contributed by atoms with Crippen molar-refractivity contribution in [1.82, 2.24) is 4.90 Å². The molecule has 2 rings (SSSR count).